The molecule has 3 N–H and O–H groups in total. The van der Waals surface area contributed by atoms with Crippen LogP contribution in [0, 0.1) is 0 Å². The lowest BCUT2D eigenvalue weighted by Gasteiger charge is -2.42. The minimum Gasteiger partial charge on any atom is -0.540 e. The van der Waals surface area contributed by atoms with Crippen molar-refractivity contribution in [3.8, 4) is 11.5 Å². The number of anilines is 1. The van der Waals surface area contributed by atoms with Crippen molar-refractivity contribution in [1.82, 2.24) is 4.90 Å². The van der Waals surface area contributed by atoms with Gasteiger partial charge >= 0.3 is 6.09 Å². The van der Waals surface area contributed by atoms with Crippen LogP contribution < -0.4 is 14.5 Å². The maximum Gasteiger partial charge on any atom is 0.409 e. The number of piperidine rings is 1. The number of benzene rings is 1. The number of ether oxygens (including phenoxy) is 1. The van der Waals surface area contributed by atoms with E-state index in [1.807, 2.05) is 0 Å². The fraction of sp³-hybridized carbons (Fsp3) is 0.667. The van der Waals surface area contributed by atoms with E-state index in [4.69, 9.17) is 9.16 Å². The summed E-state index contributed by atoms with van der Waals surface area (Å²) in [5, 5.41) is 21.6. The molecule has 1 atom stereocenters. The molecule has 9 heteroatoms. The summed E-state index contributed by atoms with van der Waals surface area (Å²) in [6.07, 6.45) is 1.23. The molecule has 1 fully saturated rings. The number of hydrogen-bond acceptors (Lipinski definition) is 5. The Morgan fingerprint density at radius 1 is 1.09 bits per heavy atom. The Kier molecular flexibility index (Phi) is 9.19. The summed E-state index contributed by atoms with van der Waals surface area (Å²) >= 11 is 0. The molecule has 0 radical (unpaired) electrons. The Morgan fingerprint density at radius 3 is 2.18 bits per heavy atom. The second-order valence-electron chi connectivity index (χ2n) is 9.73. The fourth-order valence-electron chi connectivity index (χ4n) is 5.35. The molecule has 1 aromatic rings. The first kappa shape index (κ1) is 27.0. The number of aliphatic hydroxyl groups is 1. The highest BCUT2D eigenvalue weighted by Gasteiger charge is 2.47. The lowest BCUT2D eigenvalue weighted by atomic mass is 10.0. The third-order valence-electron chi connectivity index (χ3n) is 6.87. The Balaban J connectivity index is 2.61. The second kappa shape index (κ2) is 11.2. The first-order valence-corrected chi connectivity index (χ1v) is 14.0. The van der Waals surface area contributed by atoms with E-state index < -0.39 is 14.4 Å². The van der Waals surface area contributed by atoms with Gasteiger partial charge in [-0.05, 0) is 42.0 Å². The van der Waals surface area contributed by atoms with Crippen LogP contribution in [-0.4, -0.2) is 61.7 Å². The summed E-state index contributed by atoms with van der Waals surface area (Å²) in [6, 6.07) is 2.85. The summed E-state index contributed by atoms with van der Waals surface area (Å²) in [4.78, 5) is 26.7. The van der Waals surface area contributed by atoms with Crippen LogP contribution in [0.5, 0.6) is 11.5 Å². The van der Waals surface area contributed by atoms with Crippen LogP contribution in [0.4, 0.5) is 10.5 Å². The van der Waals surface area contributed by atoms with Gasteiger partial charge < -0.3 is 24.3 Å². The van der Waals surface area contributed by atoms with Crippen LogP contribution in [-0.2, 0) is 0 Å². The standard InChI is InChI=1S/C24H40N2O6Si/c1-15(2)33(16(3)4,17(5)6)32-22-13-20(25-24(29)30)19(12-21(22)31-7)23(28)26-11-9-8-10-18(26)14-27/h12-13,15-18,25,27H,8-11,14H2,1-7H3,(H,29,30). The van der Waals surface area contributed by atoms with Gasteiger partial charge in [-0.25, -0.2) is 4.79 Å². The van der Waals surface area contributed by atoms with Crippen LogP contribution in [0.25, 0.3) is 0 Å². The summed E-state index contributed by atoms with van der Waals surface area (Å²) in [5.74, 6) is 0.506. The van der Waals surface area contributed by atoms with Gasteiger partial charge in [-0.15, -0.1) is 0 Å². The molecule has 1 aliphatic heterocycles. The Hall–Kier alpha value is -2.26. The number of rotatable bonds is 9. The average Bonchev–Trinajstić information content (AvgIpc) is 2.75. The molecule has 0 bridgehead atoms. The zero-order valence-electron chi connectivity index (χ0n) is 21.0. The average molecular weight is 481 g/mol. The van der Waals surface area contributed by atoms with Crippen molar-refractivity contribution in [1.29, 1.82) is 0 Å². The first-order valence-electron chi connectivity index (χ1n) is 11.8. The zero-order chi connectivity index (χ0) is 24.9. The SMILES string of the molecule is COc1cc(C(=O)N2CCCCC2CO)c(NC(=O)O)cc1O[Si](C(C)C)(C(C)C)C(C)C. The Morgan fingerprint density at radius 2 is 1.70 bits per heavy atom. The van der Waals surface area contributed by atoms with Crippen LogP contribution in [0.15, 0.2) is 12.1 Å². The molecule has 1 aliphatic rings. The fourth-order valence-corrected chi connectivity index (χ4v) is 10.6. The molecule has 1 heterocycles. The van der Waals surface area contributed by atoms with Crippen molar-refractivity contribution < 1.29 is 29.0 Å². The quantitative estimate of drug-likeness (QED) is 0.413. The van der Waals surface area contributed by atoms with Crippen LogP contribution in [0.2, 0.25) is 16.6 Å². The molecule has 0 aromatic heterocycles. The van der Waals surface area contributed by atoms with Gasteiger partial charge in [0.05, 0.1) is 31.0 Å². The molecule has 2 rings (SSSR count). The summed E-state index contributed by atoms with van der Waals surface area (Å²) in [5.41, 5.74) is 1.26. The van der Waals surface area contributed by atoms with E-state index in [0.717, 1.165) is 12.8 Å². The lowest BCUT2D eigenvalue weighted by molar-refractivity contribution is 0.0503. The summed E-state index contributed by atoms with van der Waals surface area (Å²) in [7, 11) is -0.841. The van der Waals surface area contributed by atoms with Crippen LogP contribution in [0.3, 0.4) is 0 Å². The van der Waals surface area contributed by atoms with Gasteiger partial charge in [-0.1, -0.05) is 41.5 Å². The van der Waals surface area contributed by atoms with Gasteiger partial charge in [0.2, 0.25) is 0 Å². The van der Waals surface area contributed by atoms with Crippen LogP contribution in [0.1, 0.15) is 71.2 Å². The monoisotopic (exact) mass is 480 g/mol. The number of aliphatic hydroxyl groups excluding tert-OH is 1. The number of nitrogens with zero attached hydrogens (tertiary/aromatic N) is 1. The van der Waals surface area contributed by atoms with Crippen molar-refractivity contribution >= 4 is 26.0 Å². The minimum atomic E-state index is -2.36. The van der Waals surface area contributed by atoms with E-state index in [0.29, 0.717) is 41.1 Å². The number of carbonyl (C=O) groups is 2. The lowest BCUT2D eigenvalue weighted by Crippen LogP contribution is -2.50. The topological polar surface area (TPSA) is 108 Å². The number of carboxylic acid groups (broad SMARTS) is 1. The predicted molar refractivity (Wildman–Crippen MR) is 132 cm³/mol. The van der Waals surface area contributed by atoms with Gasteiger partial charge in [-0.2, -0.15) is 0 Å². The predicted octanol–water partition coefficient (Wildman–Crippen LogP) is 5.33. The molecule has 186 valence electrons. The molecular formula is C24H40N2O6Si. The summed E-state index contributed by atoms with van der Waals surface area (Å²) < 4.78 is 12.4. The van der Waals surface area contributed by atoms with Crippen molar-refractivity contribution in [2.24, 2.45) is 0 Å². The highest BCUT2D eigenvalue weighted by atomic mass is 28.4. The number of hydrogen-bond donors (Lipinski definition) is 3. The van der Waals surface area contributed by atoms with Gasteiger partial charge in [0.1, 0.15) is 5.75 Å². The molecule has 2 amide bonds. The number of nitrogens with one attached hydrogen (secondary N) is 1. The Labute approximate surface area is 198 Å². The number of carbonyl (C=O) groups excluding carboxylic acids is 1. The molecular weight excluding hydrogens is 440 g/mol. The smallest absolute Gasteiger partial charge is 0.409 e. The van der Waals surface area contributed by atoms with E-state index in [2.05, 4.69) is 46.9 Å². The van der Waals surface area contributed by atoms with E-state index >= 15 is 0 Å². The van der Waals surface area contributed by atoms with Crippen molar-refractivity contribution in [2.75, 3.05) is 25.6 Å². The second-order valence-corrected chi connectivity index (χ2v) is 15.1. The van der Waals surface area contributed by atoms with Crippen molar-refractivity contribution in [3.63, 3.8) is 0 Å². The third kappa shape index (κ3) is 5.63. The molecule has 33 heavy (non-hydrogen) atoms. The summed E-state index contributed by atoms with van der Waals surface area (Å²) in [6.45, 7) is 13.4. The highest BCUT2D eigenvalue weighted by molar-refractivity contribution is 6.78. The molecule has 1 saturated heterocycles. The third-order valence-corrected chi connectivity index (χ3v) is 12.9. The van der Waals surface area contributed by atoms with Crippen molar-refractivity contribution in [3.05, 3.63) is 17.7 Å². The highest BCUT2D eigenvalue weighted by Crippen LogP contribution is 2.46. The van der Waals surface area contributed by atoms with Gasteiger partial charge in [0, 0.05) is 12.6 Å². The van der Waals surface area contributed by atoms with E-state index in [1.165, 1.54) is 7.11 Å². The molecule has 0 spiro atoms. The number of amides is 2. The van der Waals surface area contributed by atoms with Gasteiger partial charge in [-0.3, -0.25) is 10.1 Å². The normalized spacial score (nSPS) is 16.9. The maximum absolute atomic E-state index is 13.5. The number of methoxy groups -OCH3 is 1. The largest absolute Gasteiger partial charge is 0.540 e. The van der Waals surface area contributed by atoms with Gasteiger partial charge in [0.25, 0.3) is 14.2 Å². The van der Waals surface area contributed by atoms with Crippen molar-refractivity contribution in [2.45, 2.75) is 83.5 Å². The molecule has 0 saturated carbocycles. The minimum absolute atomic E-state index is 0.128. The van der Waals surface area contributed by atoms with E-state index in [9.17, 15) is 19.8 Å². The molecule has 1 aromatic carbocycles. The first-order chi connectivity index (χ1) is 15.5. The zero-order valence-corrected chi connectivity index (χ0v) is 22.0. The molecule has 1 unspecified atom stereocenters. The molecule has 8 nitrogen and oxygen atoms in total. The Bertz CT molecular complexity index is 821. The van der Waals surface area contributed by atoms with E-state index in [-0.39, 0.29) is 29.8 Å². The van der Waals surface area contributed by atoms with E-state index in [1.54, 1.807) is 17.0 Å². The number of likely N-dealkylation sites (tertiary alicyclic amines) is 1. The maximum atomic E-state index is 13.5. The molecule has 0 aliphatic carbocycles. The van der Waals surface area contributed by atoms with Crippen LogP contribution >= 0.6 is 0 Å². The van der Waals surface area contributed by atoms with Gasteiger partial charge in [0.15, 0.2) is 5.75 Å².